The molecule has 15 aromatic rings. The highest BCUT2D eigenvalue weighted by atomic mass is 32.1. The molecule has 0 radical (unpaired) electrons. The van der Waals surface area contributed by atoms with Crippen LogP contribution in [0, 0.1) is 6.92 Å². The molecular formula is C104H140OS. The molecule has 0 saturated heterocycles. The van der Waals surface area contributed by atoms with Gasteiger partial charge in [0.05, 0.1) is 0 Å². The molecule has 2 aliphatic rings. The fourth-order valence-electron chi connectivity index (χ4n) is 11.3. The molecule has 0 unspecified atom stereocenters. The highest BCUT2D eigenvalue weighted by Gasteiger charge is 2.34. The van der Waals surface area contributed by atoms with Crippen LogP contribution in [0.4, 0.5) is 0 Å². The molecule has 2 aliphatic carbocycles. The predicted octanol–water partition coefficient (Wildman–Crippen LogP) is 35.3. The Balaban J connectivity index is 0. The number of rotatable bonds is 0. The first-order valence-corrected chi connectivity index (χ1v) is 41.5. The second-order valence-electron chi connectivity index (χ2n) is 21.4. The fourth-order valence-corrected chi connectivity index (χ4v) is 12.4. The first kappa shape index (κ1) is 98.7. The average Bonchev–Trinajstić information content (AvgIpc) is 1.58. The topological polar surface area (TPSA) is 13.1 Å². The van der Waals surface area contributed by atoms with Crippen molar-refractivity contribution in [3.63, 3.8) is 0 Å². The summed E-state index contributed by atoms with van der Waals surface area (Å²) in [5.41, 5.74) is 12.3. The van der Waals surface area contributed by atoms with Gasteiger partial charge in [-0.25, -0.2) is 0 Å². The number of hydrogen-bond donors (Lipinski definition) is 0. The summed E-state index contributed by atoms with van der Waals surface area (Å²) >= 11 is 1.86. The highest BCUT2D eigenvalue weighted by Crippen LogP contribution is 2.48. The van der Waals surface area contributed by atoms with E-state index in [1.165, 1.54) is 117 Å². The van der Waals surface area contributed by atoms with Crippen LogP contribution in [0.3, 0.4) is 0 Å². The van der Waals surface area contributed by atoms with Gasteiger partial charge in [0, 0.05) is 36.4 Å². The molecule has 0 bridgehead atoms. The molecule has 2 heteroatoms. The highest BCUT2D eigenvalue weighted by molar-refractivity contribution is 7.25. The molecule has 0 saturated carbocycles. The Morgan fingerprint density at radius 1 is 0.236 bits per heavy atom. The van der Waals surface area contributed by atoms with Crippen LogP contribution in [-0.4, -0.2) is 0 Å². The van der Waals surface area contributed by atoms with Gasteiger partial charge in [0.15, 0.2) is 0 Å². The smallest absolute Gasteiger partial charge is 0.135 e. The van der Waals surface area contributed by atoms with Crippen LogP contribution in [-0.2, 0) is 18.3 Å². The molecule has 13 aromatic carbocycles. The Hall–Kier alpha value is -9.34. The Labute approximate surface area is 652 Å². The maximum Gasteiger partial charge on any atom is 0.135 e. The standard InChI is InChI=1S/C15H14.C14H10.C12H8O.C12H8S.C10H12.C10H8.C7H8.12C2H6/c1-15(2)13-9-5-3-7-11(13)12-8-4-6-10-14(12)15;1-3-7-13-11(5-1)9-10-12-6-2-4-8-14(12)13;2*1-3-7-11-9(5-1)10-6-2-4-8-12(10)13-11;2*1-2-6-10-8-4-3-7-9(10)5-1;1-7-5-3-2-4-6-7;12*1-2/h3-10H,1-2H3;1-10H;2*1-8H;1-2,5-6H,3-4,7-8H2;1-8H;2-6H,1H3;12*1-2H3. The normalized spacial score (nSPS) is 10.1. The van der Waals surface area contributed by atoms with E-state index in [4.69, 9.17) is 4.42 Å². The summed E-state index contributed by atoms with van der Waals surface area (Å²) in [7, 11) is 0. The molecule has 0 fully saturated rings. The number of furan rings is 1. The van der Waals surface area contributed by atoms with Gasteiger partial charge >= 0.3 is 0 Å². The minimum Gasteiger partial charge on any atom is -0.456 e. The predicted molar refractivity (Wildman–Crippen MR) is 493 cm³/mol. The first-order valence-electron chi connectivity index (χ1n) is 40.7. The van der Waals surface area contributed by atoms with Gasteiger partial charge in [-0.2, -0.15) is 0 Å². The van der Waals surface area contributed by atoms with Gasteiger partial charge in [-0.3, -0.25) is 0 Å². The van der Waals surface area contributed by atoms with Crippen LogP contribution in [0.1, 0.15) is 221 Å². The molecule has 0 amide bonds. The molecule has 1 nitrogen and oxygen atoms in total. The maximum absolute atomic E-state index is 5.65. The molecule has 2 heterocycles. The summed E-state index contributed by atoms with van der Waals surface area (Å²) in [5.74, 6) is 0. The monoisotopic (exact) mass is 1440 g/mol. The summed E-state index contributed by atoms with van der Waals surface area (Å²) in [6, 6.07) is 108. The van der Waals surface area contributed by atoms with Crippen LogP contribution >= 0.6 is 11.3 Å². The first-order chi connectivity index (χ1) is 52.4. The number of fused-ring (bicyclic) bond motifs is 14. The summed E-state index contributed by atoms with van der Waals surface area (Å²) in [6.45, 7) is 54.7. The largest absolute Gasteiger partial charge is 0.456 e. The summed E-state index contributed by atoms with van der Waals surface area (Å²) in [4.78, 5) is 0. The van der Waals surface area contributed by atoms with Gasteiger partial charge in [-0.05, 0) is 123 Å². The van der Waals surface area contributed by atoms with Crippen molar-refractivity contribution < 1.29 is 4.42 Å². The van der Waals surface area contributed by atoms with Gasteiger partial charge in [-0.15, -0.1) is 11.3 Å². The lowest BCUT2D eigenvalue weighted by Crippen LogP contribution is -2.14. The van der Waals surface area contributed by atoms with E-state index in [1.807, 2.05) is 232 Å². The van der Waals surface area contributed by atoms with Gasteiger partial charge in [-0.1, -0.05) is 471 Å². The number of benzene rings is 13. The third-order valence-corrected chi connectivity index (χ3v) is 16.7. The van der Waals surface area contributed by atoms with Crippen molar-refractivity contribution in [3.05, 3.63) is 337 Å². The Morgan fingerprint density at radius 3 is 0.821 bits per heavy atom. The zero-order valence-corrected chi connectivity index (χ0v) is 71.9. The van der Waals surface area contributed by atoms with E-state index in [-0.39, 0.29) is 5.41 Å². The molecule has 0 aliphatic heterocycles. The Bertz CT molecular complexity index is 4120. The number of aryl methyl sites for hydroxylation is 3. The lowest BCUT2D eigenvalue weighted by molar-refractivity contribution is 0.660. The van der Waals surface area contributed by atoms with Gasteiger partial charge < -0.3 is 4.42 Å². The summed E-state index contributed by atoms with van der Waals surface area (Å²) in [5, 5.41) is 13.1. The van der Waals surface area contributed by atoms with Crippen molar-refractivity contribution in [2.24, 2.45) is 0 Å². The van der Waals surface area contributed by atoms with Crippen LogP contribution < -0.4 is 0 Å². The van der Waals surface area contributed by atoms with E-state index < -0.39 is 0 Å². The molecular weight excluding hydrogens is 1300 g/mol. The maximum atomic E-state index is 5.65. The van der Waals surface area contributed by atoms with E-state index in [2.05, 4.69) is 276 Å². The molecule has 2 aromatic heterocycles. The number of hydrogen-bond acceptors (Lipinski definition) is 2. The minimum absolute atomic E-state index is 0.160. The molecule has 0 spiro atoms. The SMILES string of the molecule is CC.CC.CC.CC.CC.CC.CC.CC.CC.CC.CC.CC.CC1(C)c2ccccc2-c2ccccc21.Cc1ccccc1.c1ccc2c(c1)CCCC2.c1ccc2c(c1)ccc1ccccc12.c1ccc2c(c1)oc1ccccc12.c1ccc2c(c1)sc1ccccc12.c1ccc2ccccc2c1. The lowest BCUT2D eigenvalue weighted by atomic mass is 9.82. The van der Waals surface area contributed by atoms with Crippen molar-refractivity contribution >= 4 is 85.8 Å². The number of para-hydroxylation sites is 2. The lowest BCUT2D eigenvalue weighted by Gasteiger charge is -2.20. The number of thiophene rings is 1. The Kier molecular flexibility index (Phi) is 58.7. The van der Waals surface area contributed by atoms with Crippen LogP contribution in [0.15, 0.2) is 314 Å². The molecule has 106 heavy (non-hydrogen) atoms. The van der Waals surface area contributed by atoms with Crippen molar-refractivity contribution in [2.75, 3.05) is 0 Å². The van der Waals surface area contributed by atoms with E-state index in [9.17, 15) is 0 Å². The zero-order valence-electron chi connectivity index (χ0n) is 71.1. The van der Waals surface area contributed by atoms with Crippen molar-refractivity contribution in [3.8, 4) is 11.1 Å². The second-order valence-corrected chi connectivity index (χ2v) is 22.5. The van der Waals surface area contributed by atoms with Crippen LogP contribution in [0.5, 0.6) is 0 Å². The quantitative estimate of drug-likeness (QED) is 0.138. The van der Waals surface area contributed by atoms with E-state index in [0.717, 1.165) is 11.2 Å². The van der Waals surface area contributed by atoms with E-state index in [0.29, 0.717) is 0 Å². The van der Waals surface area contributed by atoms with Crippen molar-refractivity contribution in [2.45, 2.75) is 218 Å². The van der Waals surface area contributed by atoms with Crippen LogP contribution in [0.2, 0.25) is 0 Å². The second kappa shape index (κ2) is 63.0. The van der Waals surface area contributed by atoms with Gasteiger partial charge in [0.2, 0.25) is 0 Å². The molecule has 0 N–H and O–H groups in total. The van der Waals surface area contributed by atoms with Crippen molar-refractivity contribution in [1.29, 1.82) is 0 Å². The summed E-state index contributed by atoms with van der Waals surface area (Å²) in [6.07, 6.45) is 5.38. The minimum atomic E-state index is 0.160. The zero-order chi connectivity index (χ0) is 79.9. The van der Waals surface area contributed by atoms with Crippen LogP contribution in [0.25, 0.3) is 85.6 Å². The van der Waals surface area contributed by atoms with E-state index in [1.54, 1.807) is 11.1 Å². The van der Waals surface area contributed by atoms with Gasteiger partial charge in [0.25, 0.3) is 0 Å². The molecule has 0 atom stereocenters. The van der Waals surface area contributed by atoms with Gasteiger partial charge in [0.1, 0.15) is 11.2 Å². The fraction of sp³-hybridized carbons (Fsp3) is 0.308. The Morgan fingerprint density at radius 2 is 0.491 bits per heavy atom. The molecule has 568 valence electrons. The third kappa shape index (κ3) is 31.0. The van der Waals surface area contributed by atoms with Crippen molar-refractivity contribution in [1.82, 2.24) is 0 Å². The molecule has 17 rings (SSSR count). The average molecular weight is 1440 g/mol. The third-order valence-electron chi connectivity index (χ3n) is 15.6. The summed E-state index contributed by atoms with van der Waals surface area (Å²) < 4.78 is 8.41. The van der Waals surface area contributed by atoms with E-state index >= 15 is 0 Å².